The minimum absolute atomic E-state index is 0.0188. The van der Waals surface area contributed by atoms with Crippen molar-refractivity contribution in [2.45, 2.75) is 106 Å². The molecule has 1 saturated carbocycles. The number of allylic oxidation sites excluding steroid dienone is 2. The van der Waals surface area contributed by atoms with Gasteiger partial charge in [0.2, 0.25) is 6.29 Å². The zero-order chi connectivity index (χ0) is 41.1. The largest absolute Gasteiger partial charge is 0.507 e. The van der Waals surface area contributed by atoms with E-state index in [2.05, 4.69) is 0 Å². The quantitative estimate of drug-likeness (QED) is 0.189. The van der Waals surface area contributed by atoms with Crippen molar-refractivity contribution in [3.05, 3.63) is 40.0 Å². The van der Waals surface area contributed by atoms with Crippen molar-refractivity contribution in [2.75, 3.05) is 42.5 Å². The van der Waals surface area contributed by atoms with Gasteiger partial charge in [-0.2, -0.15) is 0 Å². The number of phenolic OH excluding ortho intramolecular Hbond substituents is 1. The lowest BCUT2D eigenvalue weighted by atomic mass is 9.59. The van der Waals surface area contributed by atoms with E-state index in [0.717, 1.165) is 7.11 Å². The van der Waals surface area contributed by atoms with Crippen LogP contribution in [0.1, 0.15) is 55.6 Å². The van der Waals surface area contributed by atoms with Crippen LogP contribution in [-0.4, -0.2) is 157 Å². The molecule has 0 amide bonds. The number of ether oxygens (including phenoxy) is 8. The van der Waals surface area contributed by atoms with E-state index in [-0.39, 0.29) is 34.4 Å². The second-order valence-corrected chi connectivity index (χ2v) is 16.3. The predicted octanol–water partition coefficient (Wildman–Crippen LogP) is 0.724. The first-order chi connectivity index (χ1) is 26.2. The fraction of sp³-hybridized carbons (Fsp3) is 0.667. The molecule has 0 aromatic heterocycles. The number of rotatable bonds is 7. The lowest BCUT2D eigenvalue weighted by Crippen LogP contribution is -2.68. The van der Waals surface area contributed by atoms with Crippen LogP contribution in [0.5, 0.6) is 11.5 Å². The van der Waals surface area contributed by atoms with Gasteiger partial charge in [0.1, 0.15) is 58.8 Å². The topological polar surface area (TPSA) is 229 Å². The first-order valence-corrected chi connectivity index (χ1v) is 18.5. The van der Waals surface area contributed by atoms with Crippen molar-refractivity contribution in [3.8, 4) is 11.5 Å². The molecule has 56 heavy (non-hydrogen) atoms. The van der Waals surface area contributed by atoms with Crippen LogP contribution in [0.4, 0.5) is 0 Å². The third-order valence-corrected chi connectivity index (χ3v) is 12.9. The van der Waals surface area contributed by atoms with E-state index in [1.165, 1.54) is 47.3 Å². The Labute approximate surface area is 323 Å². The second-order valence-electron chi connectivity index (χ2n) is 16.3. The van der Waals surface area contributed by atoms with E-state index in [9.17, 15) is 39.9 Å². The van der Waals surface area contributed by atoms with Gasteiger partial charge in [-0.05, 0) is 53.4 Å². The number of methoxy groups -OCH3 is 4. The molecule has 3 aliphatic carbocycles. The van der Waals surface area contributed by atoms with Gasteiger partial charge in [0.05, 0.1) is 59.5 Å². The highest BCUT2D eigenvalue weighted by Gasteiger charge is 2.63. The molecule has 2 unspecified atom stereocenters. The Morgan fingerprint density at radius 2 is 1.64 bits per heavy atom. The van der Waals surface area contributed by atoms with E-state index in [1.54, 1.807) is 32.8 Å². The molecule has 308 valence electrons. The summed E-state index contributed by atoms with van der Waals surface area (Å²) in [4.78, 5) is 44.8. The van der Waals surface area contributed by atoms with Gasteiger partial charge in [-0.25, -0.2) is 0 Å². The van der Waals surface area contributed by atoms with Crippen molar-refractivity contribution >= 4 is 23.3 Å². The highest BCUT2D eigenvalue weighted by atomic mass is 16.7. The Morgan fingerprint density at radius 1 is 0.982 bits per heavy atom. The lowest BCUT2D eigenvalue weighted by Gasteiger charge is -2.54. The number of benzene rings is 1. The molecule has 1 aromatic carbocycles. The van der Waals surface area contributed by atoms with Crippen LogP contribution in [0.15, 0.2) is 23.3 Å². The second kappa shape index (κ2) is 13.8. The maximum Gasteiger partial charge on any atom is 0.315 e. The summed E-state index contributed by atoms with van der Waals surface area (Å²) >= 11 is 0. The molecule has 3 fully saturated rings. The normalized spacial score (nSPS) is 42.9. The maximum absolute atomic E-state index is 14.9. The lowest BCUT2D eigenvalue weighted by molar-refractivity contribution is -0.346. The minimum Gasteiger partial charge on any atom is -0.507 e. The Balaban J connectivity index is 1.37. The molecular formula is C39H51NO16. The molecule has 3 heterocycles. The summed E-state index contributed by atoms with van der Waals surface area (Å²) in [5.41, 5.74) is -5.60. The van der Waals surface area contributed by atoms with Gasteiger partial charge in [-0.15, -0.1) is 0 Å². The van der Waals surface area contributed by atoms with E-state index in [0.29, 0.717) is 0 Å². The van der Waals surface area contributed by atoms with Crippen LogP contribution in [0.2, 0.25) is 0 Å². The smallest absolute Gasteiger partial charge is 0.315 e. The van der Waals surface area contributed by atoms with Gasteiger partial charge in [-0.3, -0.25) is 14.4 Å². The number of fused-ring (bicyclic) bond motifs is 8. The van der Waals surface area contributed by atoms with Gasteiger partial charge in [0, 0.05) is 33.3 Å². The fourth-order valence-electron chi connectivity index (χ4n) is 10.1. The predicted molar refractivity (Wildman–Crippen MR) is 191 cm³/mol. The molecule has 15 atom stereocenters. The number of nitrogens with zero attached hydrogens (tertiary/aromatic N) is 1. The fourth-order valence-corrected chi connectivity index (χ4v) is 10.1. The molecule has 5 N–H and O–H groups in total. The van der Waals surface area contributed by atoms with E-state index >= 15 is 0 Å². The van der Waals surface area contributed by atoms with Crippen LogP contribution < -0.4 is 4.74 Å². The number of hydrogen-bond donors (Lipinski definition) is 5. The Hall–Kier alpha value is -3.49. The van der Waals surface area contributed by atoms with E-state index in [1.807, 2.05) is 0 Å². The number of Topliss-reactive ketones (excluding diaryl/α,β-unsaturated/α-hetero) is 2. The number of phenols is 1. The summed E-state index contributed by atoms with van der Waals surface area (Å²) in [5.74, 6) is -8.30. The SMILES string of the molecule is COC(=O)[C@@H]1C2=CC3C(=O)c4c5c(cc(O)c4C(O)=C3C(=O)C2[C@@H](O[C@@H]2O[C@@H](C)[C@H](OC)[C@@](C)(OC)[C@H]2OC)C[C@]1(C)O)[C@@]1(C)O[C@@H](O5)[C@@H](O)[C@H](N(C)C)[C@H]1O. The number of likely N-dealkylation sites (N-methyl/N-ethyl adjacent to an activating group) is 1. The summed E-state index contributed by atoms with van der Waals surface area (Å²) in [6.45, 7) is 6.45. The summed E-state index contributed by atoms with van der Waals surface area (Å²) in [7, 11) is 8.88. The number of aromatic hydroxyl groups is 1. The van der Waals surface area contributed by atoms with Gasteiger partial charge in [0.15, 0.2) is 17.9 Å². The van der Waals surface area contributed by atoms with Crippen LogP contribution in [-0.2, 0) is 48.3 Å². The molecule has 3 aliphatic heterocycles. The molecule has 6 aliphatic rings. The molecule has 2 saturated heterocycles. The van der Waals surface area contributed by atoms with E-state index < -0.39 is 124 Å². The number of aliphatic hydroxyl groups is 4. The molecule has 0 spiro atoms. The highest BCUT2D eigenvalue weighted by Crippen LogP contribution is 2.57. The Kier molecular flexibility index (Phi) is 10.0. The standard InChI is InChI=1S/C39H51NO16/c1-14-32(49-7)39(4,52-10)33(50-8)36(53-14)54-19-13-37(2,48)24(34(47)51-9)15-11-16-21(27(43)20(15)19)28(44)22-18(41)12-17-30(23(22)26(16)42)55-35-29(45)25(40(5)6)31(46)38(17,3)56-35/h11-12,14,16,19-20,24-25,29,31-33,35-36,41,44-46,48H,13H2,1-10H3/t14-,16?,19-,20?,24-,25-,29-,31+,32-,33-,35+,36-,37-,38+,39+/m0/s1. The van der Waals surface area contributed by atoms with Crippen molar-refractivity contribution in [1.82, 2.24) is 4.90 Å². The van der Waals surface area contributed by atoms with Crippen LogP contribution in [0.3, 0.4) is 0 Å². The van der Waals surface area contributed by atoms with Crippen LogP contribution in [0, 0.1) is 17.8 Å². The molecule has 0 radical (unpaired) electrons. The van der Waals surface area contributed by atoms with Gasteiger partial charge >= 0.3 is 5.97 Å². The average Bonchev–Trinajstić information content (AvgIpc) is 3.12. The number of aliphatic hydroxyl groups excluding tert-OH is 3. The zero-order valence-corrected chi connectivity index (χ0v) is 33.0. The molecule has 17 nitrogen and oxygen atoms in total. The monoisotopic (exact) mass is 789 g/mol. The van der Waals surface area contributed by atoms with Crippen molar-refractivity contribution in [2.24, 2.45) is 17.8 Å². The first-order valence-electron chi connectivity index (χ1n) is 18.5. The molecule has 1 aromatic rings. The minimum atomic E-state index is -1.89. The summed E-state index contributed by atoms with van der Waals surface area (Å²) in [6.07, 6.45) is -7.63. The molecular weight excluding hydrogens is 738 g/mol. The third kappa shape index (κ3) is 5.54. The first kappa shape index (κ1) is 40.7. The average molecular weight is 790 g/mol. The van der Waals surface area contributed by atoms with Crippen LogP contribution >= 0.6 is 0 Å². The Bertz CT molecular complexity index is 1890. The highest BCUT2D eigenvalue weighted by molar-refractivity contribution is 6.21. The molecule has 7 rings (SSSR count). The van der Waals surface area contributed by atoms with Gasteiger partial charge in [0.25, 0.3) is 0 Å². The number of carbonyl (C=O) groups is 3. The number of hydrogen-bond acceptors (Lipinski definition) is 17. The summed E-state index contributed by atoms with van der Waals surface area (Å²) in [6, 6.07) is 0.328. The van der Waals surface area contributed by atoms with Crippen molar-refractivity contribution in [1.29, 1.82) is 0 Å². The summed E-state index contributed by atoms with van der Waals surface area (Å²) in [5, 5.41) is 58.2. The van der Waals surface area contributed by atoms with Gasteiger partial charge < -0.3 is 68.3 Å². The molecule has 2 bridgehead atoms. The van der Waals surface area contributed by atoms with Crippen molar-refractivity contribution in [3.63, 3.8) is 0 Å². The number of ketones is 2. The maximum atomic E-state index is 14.9. The van der Waals surface area contributed by atoms with Gasteiger partial charge in [-0.1, -0.05) is 6.08 Å². The van der Waals surface area contributed by atoms with E-state index in [4.69, 9.17) is 37.9 Å². The Morgan fingerprint density at radius 3 is 2.23 bits per heavy atom. The number of esters is 1. The molecule has 17 heteroatoms. The number of carbonyl (C=O) groups excluding carboxylic acids is 3. The van der Waals surface area contributed by atoms with Crippen molar-refractivity contribution < 1.29 is 77.8 Å². The zero-order valence-electron chi connectivity index (χ0n) is 33.0. The summed E-state index contributed by atoms with van der Waals surface area (Å²) < 4.78 is 47.5. The third-order valence-electron chi connectivity index (χ3n) is 12.9. The van der Waals surface area contributed by atoms with Crippen LogP contribution in [0.25, 0.3) is 5.76 Å².